The number of benzene rings is 2. The molecule has 3 rings (SSSR count). The Kier molecular flexibility index (Phi) is 6.66. The van der Waals surface area contributed by atoms with E-state index in [1.54, 1.807) is 23.5 Å². The van der Waals surface area contributed by atoms with E-state index in [1.165, 1.54) is 5.56 Å². The van der Waals surface area contributed by atoms with Gasteiger partial charge in [-0.15, -0.1) is 11.3 Å². The summed E-state index contributed by atoms with van der Waals surface area (Å²) in [5, 5.41) is 3.88. The highest BCUT2D eigenvalue weighted by Crippen LogP contribution is 2.30. The molecule has 0 radical (unpaired) electrons. The van der Waals surface area contributed by atoms with E-state index in [-0.39, 0.29) is 12.5 Å². The normalized spacial score (nSPS) is 10.5. The fourth-order valence-corrected chi connectivity index (χ4v) is 3.79. The minimum atomic E-state index is -0.167. The number of aryl methyl sites for hydroxylation is 2. The Morgan fingerprint density at radius 3 is 2.39 bits per heavy atom. The van der Waals surface area contributed by atoms with Crippen molar-refractivity contribution in [3.8, 4) is 22.1 Å². The van der Waals surface area contributed by atoms with Crippen LogP contribution in [0.25, 0.3) is 10.6 Å². The van der Waals surface area contributed by atoms with Crippen molar-refractivity contribution in [3.63, 3.8) is 0 Å². The molecule has 28 heavy (non-hydrogen) atoms. The van der Waals surface area contributed by atoms with Gasteiger partial charge in [0.25, 0.3) is 5.91 Å². The molecule has 0 atom stereocenters. The maximum Gasteiger partial charge on any atom is 0.258 e. The number of aromatic nitrogens is 1. The van der Waals surface area contributed by atoms with E-state index in [2.05, 4.69) is 29.4 Å². The zero-order valence-corrected chi connectivity index (χ0v) is 17.1. The first kappa shape index (κ1) is 19.9. The molecule has 1 heterocycles. The number of carbonyl (C=O) groups is 1. The Labute approximate surface area is 169 Å². The average Bonchev–Trinajstić information content (AvgIpc) is 3.07. The number of rotatable bonds is 8. The fraction of sp³-hybridized carbons (Fsp3) is 0.273. The molecule has 1 N–H and O–H groups in total. The van der Waals surface area contributed by atoms with Gasteiger partial charge in [0.2, 0.25) is 0 Å². The Morgan fingerprint density at radius 2 is 1.71 bits per heavy atom. The van der Waals surface area contributed by atoms with Gasteiger partial charge in [-0.3, -0.25) is 4.79 Å². The van der Waals surface area contributed by atoms with E-state index in [1.807, 2.05) is 38.1 Å². The Balaban J connectivity index is 1.53. The first-order valence-electron chi connectivity index (χ1n) is 9.21. The highest BCUT2D eigenvalue weighted by Gasteiger charge is 2.12. The van der Waals surface area contributed by atoms with Gasteiger partial charge in [0.05, 0.1) is 18.8 Å². The van der Waals surface area contributed by atoms with Gasteiger partial charge in [0, 0.05) is 10.4 Å². The van der Waals surface area contributed by atoms with Crippen LogP contribution in [0.15, 0.2) is 48.5 Å². The molecule has 1 amide bonds. The number of nitrogens with one attached hydrogen (secondary N) is 1. The van der Waals surface area contributed by atoms with Crippen LogP contribution in [0.4, 0.5) is 0 Å². The monoisotopic (exact) mass is 396 g/mol. The number of ether oxygens (including phenoxy) is 2. The Bertz CT molecular complexity index is 935. The summed E-state index contributed by atoms with van der Waals surface area (Å²) in [6, 6.07) is 15.4. The molecule has 0 fully saturated rings. The zero-order valence-electron chi connectivity index (χ0n) is 16.3. The predicted molar refractivity (Wildman–Crippen MR) is 112 cm³/mol. The molecule has 0 bridgehead atoms. The van der Waals surface area contributed by atoms with Crippen molar-refractivity contribution >= 4 is 17.2 Å². The highest BCUT2D eigenvalue weighted by atomic mass is 32.1. The standard InChI is InChI=1S/C22H24N2O3S/c1-4-26-17-9-11-18(12-10-17)27-14-21(25)23-13-20-16(3)24-22(28-20)19-8-6-5-7-15(19)2/h5-12H,4,13-14H2,1-3H3,(H,23,25). The summed E-state index contributed by atoms with van der Waals surface area (Å²) in [7, 11) is 0. The lowest BCUT2D eigenvalue weighted by Crippen LogP contribution is -2.28. The molecule has 0 aliphatic rings. The number of hydrogen-bond donors (Lipinski definition) is 1. The summed E-state index contributed by atoms with van der Waals surface area (Å²) in [6.45, 7) is 7.01. The van der Waals surface area contributed by atoms with Gasteiger partial charge in [-0.25, -0.2) is 4.98 Å². The van der Waals surface area contributed by atoms with Gasteiger partial charge in [-0.05, 0) is 50.6 Å². The summed E-state index contributed by atoms with van der Waals surface area (Å²) >= 11 is 1.61. The minimum absolute atomic E-state index is 0.0313. The summed E-state index contributed by atoms with van der Waals surface area (Å²) in [5.41, 5.74) is 3.26. The van der Waals surface area contributed by atoms with E-state index >= 15 is 0 Å². The van der Waals surface area contributed by atoms with Gasteiger partial charge < -0.3 is 14.8 Å². The van der Waals surface area contributed by atoms with Crippen LogP contribution in [0.1, 0.15) is 23.1 Å². The van der Waals surface area contributed by atoms with E-state index in [4.69, 9.17) is 9.47 Å². The van der Waals surface area contributed by atoms with Gasteiger partial charge in [0.15, 0.2) is 6.61 Å². The topological polar surface area (TPSA) is 60.5 Å². The van der Waals surface area contributed by atoms with Crippen LogP contribution in [-0.4, -0.2) is 24.1 Å². The number of nitrogens with zero attached hydrogens (tertiary/aromatic N) is 1. The lowest BCUT2D eigenvalue weighted by Gasteiger charge is -2.08. The molecule has 0 aliphatic carbocycles. The van der Waals surface area contributed by atoms with Crippen LogP contribution in [0.3, 0.4) is 0 Å². The predicted octanol–water partition coefficient (Wildman–Crippen LogP) is 4.52. The first-order valence-corrected chi connectivity index (χ1v) is 10.0. The van der Waals surface area contributed by atoms with Crippen LogP contribution in [-0.2, 0) is 11.3 Å². The van der Waals surface area contributed by atoms with Crippen molar-refractivity contribution in [2.75, 3.05) is 13.2 Å². The molecule has 146 valence electrons. The molecule has 0 unspecified atom stereocenters. The fourth-order valence-electron chi connectivity index (χ4n) is 2.70. The molecule has 0 spiro atoms. The van der Waals surface area contributed by atoms with E-state index in [0.717, 1.165) is 26.9 Å². The van der Waals surface area contributed by atoms with Gasteiger partial charge in [-0.2, -0.15) is 0 Å². The third-order valence-corrected chi connectivity index (χ3v) is 5.41. The highest BCUT2D eigenvalue weighted by molar-refractivity contribution is 7.15. The second-order valence-corrected chi connectivity index (χ2v) is 7.40. The van der Waals surface area contributed by atoms with Gasteiger partial charge in [-0.1, -0.05) is 24.3 Å². The summed E-state index contributed by atoms with van der Waals surface area (Å²) in [4.78, 5) is 17.8. The number of hydrogen-bond acceptors (Lipinski definition) is 5. The lowest BCUT2D eigenvalue weighted by molar-refractivity contribution is -0.123. The quantitative estimate of drug-likeness (QED) is 0.608. The van der Waals surface area contributed by atoms with Crippen molar-refractivity contribution < 1.29 is 14.3 Å². The van der Waals surface area contributed by atoms with Crippen molar-refractivity contribution in [2.45, 2.75) is 27.3 Å². The molecule has 0 saturated carbocycles. The second kappa shape index (κ2) is 9.37. The third-order valence-electron chi connectivity index (χ3n) is 4.22. The molecule has 3 aromatic rings. The molecular weight excluding hydrogens is 372 g/mol. The van der Waals surface area contributed by atoms with Crippen LogP contribution in [0.5, 0.6) is 11.5 Å². The van der Waals surface area contributed by atoms with E-state index in [0.29, 0.717) is 18.9 Å². The van der Waals surface area contributed by atoms with Crippen molar-refractivity contribution in [3.05, 3.63) is 64.7 Å². The van der Waals surface area contributed by atoms with Crippen LogP contribution >= 0.6 is 11.3 Å². The van der Waals surface area contributed by atoms with Crippen molar-refractivity contribution in [1.82, 2.24) is 10.3 Å². The average molecular weight is 397 g/mol. The van der Waals surface area contributed by atoms with Crippen LogP contribution < -0.4 is 14.8 Å². The first-order chi connectivity index (χ1) is 13.6. The largest absolute Gasteiger partial charge is 0.494 e. The van der Waals surface area contributed by atoms with Crippen LogP contribution in [0, 0.1) is 13.8 Å². The molecule has 0 saturated heterocycles. The van der Waals surface area contributed by atoms with E-state index < -0.39 is 0 Å². The summed E-state index contributed by atoms with van der Waals surface area (Å²) in [5.74, 6) is 1.25. The molecule has 5 nitrogen and oxygen atoms in total. The minimum Gasteiger partial charge on any atom is -0.494 e. The van der Waals surface area contributed by atoms with Crippen molar-refractivity contribution in [2.24, 2.45) is 0 Å². The molecule has 2 aromatic carbocycles. The van der Waals surface area contributed by atoms with Crippen molar-refractivity contribution in [1.29, 1.82) is 0 Å². The summed E-state index contributed by atoms with van der Waals surface area (Å²) in [6.07, 6.45) is 0. The van der Waals surface area contributed by atoms with E-state index in [9.17, 15) is 4.79 Å². The Hall–Kier alpha value is -2.86. The SMILES string of the molecule is CCOc1ccc(OCC(=O)NCc2sc(-c3ccccc3C)nc2C)cc1. The number of thiazole rings is 1. The number of amides is 1. The van der Waals surface area contributed by atoms with Crippen LogP contribution in [0.2, 0.25) is 0 Å². The molecular formula is C22H24N2O3S. The number of carbonyl (C=O) groups excluding carboxylic acids is 1. The molecule has 1 aromatic heterocycles. The molecule has 0 aliphatic heterocycles. The van der Waals surface area contributed by atoms with Gasteiger partial charge >= 0.3 is 0 Å². The lowest BCUT2D eigenvalue weighted by atomic mass is 10.1. The van der Waals surface area contributed by atoms with Gasteiger partial charge in [0.1, 0.15) is 16.5 Å². The maximum absolute atomic E-state index is 12.1. The molecule has 6 heteroatoms. The Morgan fingerprint density at radius 1 is 1.04 bits per heavy atom. The summed E-state index contributed by atoms with van der Waals surface area (Å²) < 4.78 is 10.9. The zero-order chi connectivity index (χ0) is 19.9. The smallest absolute Gasteiger partial charge is 0.258 e. The third kappa shape index (κ3) is 5.10. The second-order valence-electron chi connectivity index (χ2n) is 6.31. The maximum atomic E-state index is 12.1.